The van der Waals surface area contributed by atoms with Crippen LogP contribution in [0.1, 0.15) is 6.42 Å². The molecule has 1 aromatic carbocycles. The lowest BCUT2D eigenvalue weighted by Gasteiger charge is -2.12. The first kappa shape index (κ1) is 18.4. The number of rotatable bonds is 7. The Bertz CT molecular complexity index is 1090. The molecule has 0 N–H and O–H groups in total. The minimum absolute atomic E-state index is 0.00917. The van der Waals surface area contributed by atoms with Crippen LogP contribution >= 0.6 is 34.4 Å². The summed E-state index contributed by atoms with van der Waals surface area (Å²) in [4.78, 5) is 20.3. The summed E-state index contributed by atoms with van der Waals surface area (Å²) in [6.45, 7) is 0.701. The lowest BCUT2D eigenvalue weighted by Crippen LogP contribution is -2.21. The second kappa shape index (κ2) is 8.39. The van der Waals surface area contributed by atoms with E-state index < -0.39 is 0 Å². The standard InChI is InChI=1S/C20H18N2O2S3/c1-24-10-6-12-26-20-21-18-17(15(13-27-18)16-9-5-11-25-16)19(23)22(20)14-7-3-2-4-8-14/h2-5,7-9,11,13H,6,10,12H2,1H3. The third-order valence-corrected chi connectivity index (χ3v) is 6.90. The van der Waals surface area contributed by atoms with Crippen LogP contribution < -0.4 is 5.56 Å². The molecule has 0 fully saturated rings. The van der Waals surface area contributed by atoms with Gasteiger partial charge in [0, 0.05) is 35.3 Å². The molecule has 0 aliphatic rings. The van der Waals surface area contributed by atoms with Crippen molar-refractivity contribution in [3.05, 3.63) is 63.6 Å². The van der Waals surface area contributed by atoms with Crippen LogP contribution in [0.5, 0.6) is 0 Å². The highest BCUT2D eigenvalue weighted by Crippen LogP contribution is 2.35. The van der Waals surface area contributed by atoms with Gasteiger partial charge in [-0.15, -0.1) is 22.7 Å². The van der Waals surface area contributed by atoms with E-state index in [1.807, 2.05) is 53.2 Å². The first-order valence-corrected chi connectivity index (χ1v) is 11.3. The maximum absolute atomic E-state index is 13.5. The molecular weight excluding hydrogens is 396 g/mol. The summed E-state index contributed by atoms with van der Waals surface area (Å²) in [5, 5.41) is 5.50. The van der Waals surface area contributed by atoms with Crippen molar-refractivity contribution >= 4 is 44.7 Å². The molecule has 0 saturated carbocycles. The summed E-state index contributed by atoms with van der Waals surface area (Å²) in [7, 11) is 1.70. The Morgan fingerprint density at radius 2 is 2.00 bits per heavy atom. The zero-order valence-corrected chi connectivity index (χ0v) is 17.2. The van der Waals surface area contributed by atoms with E-state index in [-0.39, 0.29) is 5.56 Å². The van der Waals surface area contributed by atoms with Gasteiger partial charge >= 0.3 is 0 Å². The fourth-order valence-electron chi connectivity index (χ4n) is 2.85. The van der Waals surface area contributed by atoms with E-state index >= 15 is 0 Å². The van der Waals surface area contributed by atoms with Gasteiger partial charge in [0.15, 0.2) is 5.16 Å². The second-order valence-electron chi connectivity index (χ2n) is 5.87. The Morgan fingerprint density at radius 3 is 2.74 bits per heavy atom. The highest BCUT2D eigenvalue weighted by atomic mass is 32.2. The number of thioether (sulfide) groups is 1. The minimum Gasteiger partial charge on any atom is -0.385 e. The monoisotopic (exact) mass is 414 g/mol. The van der Waals surface area contributed by atoms with Crippen molar-refractivity contribution in [2.75, 3.05) is 19.5 Å². The Morgan fingerprint density at radius 1 is 1.15 bits per heavy atom. The molecule has 0 spiro atoms. The van der Waals surface area contributed by atoms with Gasteiger partial charge in [-0.25, -0.2) is 4.98 Å². The van der Waals surface area contributed by atoms with Gasteiger partial charge in [0.2, 0.25) is 0 Å². The summed E-state index contributed by atoms with van der Waals surface area (Å²) in [6.07, 6.45) is 0.911. The Labute approximate surface area is 169 Å². The van der Waals surface area contributed by atoms with Crippen molar-refractivity contribution in [3.8, 4) is 16.1 Å². The van der Waals surface area contributed by atoms with Crippen molar-refractivity contribution < 1.29 is 4.74 Å². The number of nitrogens with zero attached hydrogens (tertiary/aromatic N) is 2. The average Bonchev–Trinajstić information content (AvgIpc) is 3.35. The predicted octanol–water partition coefficient (Wildman–Crippen LogP) is 5.30. The van der Waals surface area contributed by atoms with Crippen LogP contribution in [0.2, 0.25) is 0 Å². The molecule has 0 aliphatic heterocycles. The lowest BCUT2D eigenvalue weighted by molar-refractivity contribution is 0.200. The highest BCUT2D eigenvalue weighted by molar-refractivity contribution is 7.99. The van der Waals surface area contributed by atoms with E-state index in [4.69, 9.17) is 9.72 Å². The molecule has 3 aromatic heterocycles. The number of thiophene rings is 2. The normalized spacial score (nSPS) is 11.3. The van der Waals surface area contributed by atoms with E-state index in [1.54, 1.807) is 34.8 Å². The second-order valence-corrected chi connectivity index (χ2v) is 8.74. The van der Waals surface area contributed by atoms with Crippen LogP contribution in [0.4, 0.5) is 0 Å². The van der Waals surface area contributed by atoms with Gasteiger partial charge in [-0.1, -0.05) is 36.0 Å². The molecule has 0 aliphatic carbocycles. The molecule has 0 amide bonds. The number of aromatic nitrogens is 2. The number of methoxy groups -OCH3 is 1. The van der Waals surface area contributed by atoms with Gasteiger partial charge in [-0.05, 0) is 30.0 Å². The van der Waals surface area contributed by atoms with Crippen molar-refractivity contribution in [1.82, 2.24) is 9.55 Å². The number of hydrogen-bond acceptors (Lipinski definition) is 6. The number of hydrogen-bond donors (Lipinski definition) is 0. The zero-order valence-electron chi connectivity index (χ0n) is 14.8. The summed E-state index contributed by atoms with van der Waals surface area (Å²) in [5.74, 6) is 0.849. The maximum Gasteiger partial charge on any atom is 0.268 e. The molecule has 27 heavy (non-hydrogen) atoms. The van der Waals surface area contributed by atoms with Gasteiger partial charge in [-0.3, -0.25) is 9.36 Å². The van der Waals surface area contributed by atoms with Crippen LogP contribution in [0.3, 0.4) is 0 Å². The number of fused-ring (bicyclic) bond motifs is 1. The number of ether oxygens (including phenoxy) is 1. The SMILES string of the molecule is COCCCSc1nc2scc(-c3cccs3)c2c(=O)n1-c1ccccc1. The zero-order chi connectivity index (χ0) is 18.6. The molecule has 0 radical (unpaired) electrons. The van der Waals surface area contributed by atoms with Crippen molar-refractivity contribution in [2.24, 2.45) is 0 Å². The molecule has 3 heterocycles. The van der Waals surface area contributed by atoms with E-state index in [2.05, 4.69) is 0 Å². The minimum atomic E-state index is -0.00917. The van der Waals surface area contributed by atoms with Gasteiger partial charge in [-0.2, -0.15) is 0 Å². The number of para-hydroxylation sites is 1. The molecule has 7 heteroatoms. The van der Waals surface area contributed by atoms with Crippen LogP contribution in [0, 0.1) is 0 Å². The van der Waals surface area contributed by atoms with Crippen molar-refractivity contribution in [2.45, 2.75) is 11.6 Å². The fraction of sp³-hybridized carbons (Fsp3) is 0.200. The van der Waals surface area contributed by atoms with Crippen LogP contribution in [0.25, 0.3) is 26.3 Å². The highest BCUT2D eigenvalue weighted by Gasteiger charge is 2.18. The van der Waals surface area contributed by atoms with Crippen LogP contribution in [0.15, 0.2) is 63.2 Å². The third kappa shape index (κ3) is 3.73. The van der Waals surface area contributed by atoms with Gasteiger partial charge in [0.25, 0.3) is 5.56 Å². The van der Waals surface area contributed by atoms with E-state index in [0.717, 1.165) is 38.3 Å². The van der Waals surface area contributed by atoms with E-state index in [9.17, 15) is 4.79 Å². The number of benzene rings is 1. The quantitative estimate of drug-likeness (QED) is 0.234. The lowest BCUT2D eigenvalue weighted by atomic mass is 10.2. The molecular formula is C20H18N2O2S3. The third-order valence-electron chi connectivity index (χ3n) is 4.10. The molecule has 4 aromatic rings. The summed E-state index contributed by atoms with van der Waals surface area (Å²) in [6, 6.07) is 13.8. The van der Waals surface area contributed by atoms with Gasteiger partial charge in [0.05, 0.1) is 11.1 Å². The van der Waals surface area contributed by atoms with Gasteiger partial charge < -0.3 is 4.74 Å². The summed E-state index contributed by atoms with van der Waals surface area (Å²) < 4.78 is 6.87. The van der Waals surface area contributed by atoms with E-state index in [0.29, 0.717) is 12.0 Å². The van der Waals surface area contributed by atoms with Crippen molar-refractivity contribution in [3.63, 3.8) is 0 Å². The summed E-state index contributed by atoms with van der Waals surface area (Å²) >= 11 is 4.77. The Kier molecular flexibility index (Phi) is 5.73. The topological polar surface area (TPSA) is 44.1 Å². The summed E-state index contributed by atoms with van der Waals surface area (Å²) in [5.41, 5.74) is 1.81. The molecule has 4 rings (SSSR count). The molecule has 4 nitrogen and oxygen atoms in total. The fourth-order valence-corrected chi connectivity index (χ4v) is 5.58. The smallest absolute Gasteiger partial charge is 0.268 e. The van der Waals surface area contributed by atoms with Gasteiger partial charge in [0.1, 0.15) is 4.83 Å². The Hall–Kier alpha value is -1.93. The molecule has 0 unspecified atom stereocenters. The molecule has 0 saturated heterocycles. The largest absolute Gasteiger partial charge is 0.385 e. The molecule has 138 valence electrons. The maximum atomic E-state index is 13.5. The molecule has 0 atom stereocenters. The van der Waals surface area contributed by atoms with E-state index in [1.165, 1.54) is 11.3 Å². The first-order valence-electron chi connectivity index (χ1n) is 8.55. The Balaban J connectivity index is 1.88. The molecule has 0 bridgehead atoms. The van der Waals surface area contributed by atoms with Crippen molar-refractivity contribution in [1.29, 1.82) is 0 Å². The van der Waals surface area contributed by atoms with Crippen LogP contribution in [-0.4, -0.2) is 29.0 Å². The van der Waals surface area contributed by atoms with Crippen LogP contribution in [-0.2, 0) is 4.74 Å². The first-order chi connectivity index (χ1) is 13.3. The average molecular weight is 415 g/mol. The predicted molar refractivity (Wildman–Crippen MR) is 116 cm³/mol.